The molecule has 108 valence electrons. The lowest BCUT2D eigenvalue weighted by Gasteiger charge is -2.36. The van der Waals surface area contributed by atoms with Gasteiger partial charge < -0.3 is 4.74 Å². The summed E-state index contributed by atoms with van der Waals surface area (Å²) in [6.45, 7) is 10.5. The Kier molecular flexibility index (Phi) is 5.40. The number of para-hydroxylation sites is 1. The van der Waals surface area contributed by atoms with Crippen LogP contribution in [0.4, 0.5) is 0 Å². The van der Waals surface area contributed by atoms with E-state index in [1.807, 2.05) is 18.2 Å². The Labute approximate surface area is 121 Å². The highest BCUT2D eigenvalue weighted by molar-refractivity contribution is 5.42. The second kappa shape index (κ2) is 7.28. The molecule has 0 aliphatic carbocycles. The van der Waals surface area contributed by atoms with E-state index in [-0.39, 0.29) is 0 Å². The first-order valence-electron chi connectivity index (χ1n) is 7.29. The number of rotatable bonds is 5. The summed E-state index contributed by atoms with van der Waals surface area (Å²) in [7, 11) is 0. The molecule has 1 saturated heterocycles. The summed E-state index contributed by atoms with van der Waals surface area (Å²) < 4.78 is 5.73. The van der Waals surface area contributed by atoms with E-state index in [1.54, 1.807) is 6.07 Å². The van der Waals surface area contributed by atoms with Gasteiger partial charge in [-0.2, -0.15) is 5.26 Å². The molecule has 0 spiro atoms. The molecule has 0 N–H and O–H groups in total. The molecular weight excluding hydrogens is 250 g/mol. The maximum absolute atomic E-state index is 9.00. The number of ether oxygens (including phenoxy) is 1. The van der Waals surface area contributed by atoms with Crippen LogP contribution in [-0.2, 0) is 0 Å². The number of benzene rings is 1. The van der Waals surface area contributed by atoms with E-state index in [0.717, 1.165) is 32.7 Å². The Balaban J connectivity index is 1.73. The summed E-state index contributed by atoms with van der Waals surface area (Å²) in [6.07, 6.45) is 0. The summed E-state index contributed by atoms with van der Waals surface area (Å²) >= 11 is 0. The molecule has 1 heterocycles. The van der Waals surface area contributed by atoms with Crippen LogP contribution >= 0.6 is 0 Å². The smallest absolute Gasteiger partial charge is 0.137 e. The molecule has 0 atom stereocenters. The average molecular weight is 273 g/mol. The minimum Gasteiger partial charge on any atom is -0.491 e. The molecule has 0 bridgehead atoms. The van der Waals surface area contributed by atoms with Gasteiger partial charge in [-0.25, -0.2) is 0 Å². The van der Waals surface area contributed by atoms with Gasteiger partial charge in [-0.3, -0.25) is 9.80 Å². The van der Waals surface area contributed by atoms with E-state index in [2.05, 4.69) is 29.7 Å². The van der Waals surface area contributed by atoms with Crippen molar-refractivity contribution in [2.24, 2.45) is 0 Å². The van der Waals surface area contributed by atoms with E-state index >= 15 is 0 Å². The van der Waals surface area contributed by atoms with Crippen LogP contribution < -0.4 is 4.74 Å². The summed E-state index contributed by atoms with van der Waals surface area (Å²) in [5.74, 6) is 0.691. The molecule has 20 heavy (non-hydrogen) atoms. The summed E-state index contributed by atoms with van der Waals surface area (Å²) in [4.78, 5) is 4.93. The van der Waals surface area contributed by atoms with Crippen molar-refractivity contribution < 1.29 is 4.74 Å². The zero-order valence-corrected chi connectivity index (χ0v) is 12.4. The van der Waals surface area contributed by atoms with Gasteiger partial charge in [-0.15, -0.1) is 0 Å². The normalized spacial score (nSPS) is 17.1. The molecule has 2 rings (SSSR count). The fraction of sp³-hybridized carbons (Fsp3) is 0.562. The van der Waals surface area contributed by atoms with Crippen molar-refractivity contribution in [1.29, 1.82) is 5.26 Å². The molecule has 4 nitrogen and oxygen atoms in total. The van der Waals surface area contributed by atoms with Crippen LogP contribution in [0.5, 0.6) is 5.75 Å². The molecule has 0 radical (unpaired) electrons. The van der Waals surface area contributed by atoms with Gasteiger partial charge in [-0.1, -0.05) is 12.1 Å². The molecular formula is C16H23N3O. The third-order valence-corrected chi connectivity index (χ3v) is 3.81. The average Bonchev–Trinajstić information content (AvgIpc) is 2.48. The number of nitriles is 1. The van der Waals surface area contributed by atoms with Gasteiger partial charge in [0.2, 0.25) is 0 Å². The van der Waals surface area contributed by atoms with Gasteiger partial charge in [0.1, 0.15) is 18.4 Å². The van der Waals surface area contributed by atoms with Gasteiger partial charge in [-0.05, 0) is 26.0 Å². The fourth-order valence-corrected chi connectivity index (χ4v) is 2.47. The lowest BCUT2D eigenvalue weighted by atomic mass is 10.2. The van der Waals surface area contributed by atoms with Crippen molar-refractivity contribution in [2.75, 3.05) is 39.3 Å². The molecule has 1 aliphatic heterocycles. The van der Waals surface area contributed by atoms with Crippen molar-refractivity contribution in [1.82, 2.24) is 9.80 Å². The highest BCUT2D eigenvalue weighted by Gasteiger charge is 2.18. The van der Waals surface area contributed by atoms with Crippen LogP contribution in [0.1, 0.15) is 19.4 Å². The fourth-order valence-electron chi connectivity index (χ4n) is 2.47. The van der Waals surface area contributed by atoms with Gasteiger partial charge in [0.05, 0.1) is 5.56 Å². The molecule has 0 saturated carbocycles. The number of piperazine rings is 1. The molecule has 0 unspecified atom stereocenters. The maximum atomic E-state index is 9.00. The standard InChI is InChI=1S/C16H23N3O/c1-14(2)19-9-7-18(8-10-19)11-12-20-16-6-4-3-5-15(16)13-17/h3-6,14H,7-12H2,1-2H3. The van der Waals surface area contributed by atoms with E-state index in [4.69, 9.17) is 10.00 Å². The topological polar surface area (TPSA) is 39.5 Å². The van der Waals surface area contributed by atoms with Crippen molar-refractivity contribution in [3.05, 3.63) is 29.8 Å². The first-order chi connectivity index (χ1) is 9.70. The van der Waals surface area contributed by atoms with Crippen molar-refractivity contribution in [3.8, 4) is 11.8 Å². The Morgan fingerprint density at radius 1 is 1.20 bits per heavy atom. The summed E-state index contributed by atoms with van der Waals surface area (Å²) in [5, 5.41) is 9.00. The monoisotopic (exact) mass is 273 g/mol. The first-order valence-corrected chi connectivity index (χ1v) is 7.29. The molecule has 1 aliphatic rings. The van der Waals surface area contributed by atoms with Crippen LogP contribution in [0.3, 0.4) is 0 Å². The van der Waals surface area contributed by atoms with Crippen molar-refractivity contribution in [3.63, 3.8) is 0 Å². The molecule has 1 aromatic carbocycles. The Bertz CT molecular complexity index is 459. The number of nitrogens with zero attached hydrogens (tertiary/aromatic N) is 3. The van der Waals surface area contributed by atoms with Gasteiger partial charge in [0, 0.05) is 38.8 Å². The Hall–Kier alpha value is -1.57. The minimum atomic E-state index is 0.608. The molecule has 0 aromatic heterocycles. The zero-order chi connectivity index (χ0) is 14.4. The van der Waals surface area contributed by atoms with E-state index in [0.29, 0.717) is 24.0 Å². The SMILES string of the molecule is CC(C)N1CCN(CCOc2ccccc2C#N)CC1. The molecule has 1 fully saturated rings. The van der Waals surface area contributed by atoms with Crippen LogP contribution in [0.25, 0.3) is 0 Å². The van der Waals surface area contributed by atoms with Crippen molar-refractivity contribution in [2.45, 2.75) is 19.9 Å². The van der Waals surface area contributed by atoms with Gasteiger partial charge in [0.15, 0.2) is 0 Å². The summed E-state index contributed by atoms with van der Waals surface area (Å²) in [6, 6.07) is 10.2. The van der Waals surface area contributed by atoms with E-state index < -0.39 is 0 Å². The van der Waals surface area contributed by atoms with Crippen LogP contribution in [0.15, 0.2) is 24.3 Å². The molecule has 0 amide bonds. The maximum Gasteiger partial charge on any atom is 0.137 e. The van der Waals surface area contributed by atoms with Crippen LogP contribution in [0, 0.1) is 11.3 Å². The zero-order valence-electron chi connectivity index (χ0n) is 12.4. The van der Waals surface area contributed by atoms with Crippen LogP contribution in [0.2, 0.25) is 0 Å². The Morgan fingerprint density at radius 3 is 2.55 bits per heavy atom. The summed E-state index contributed by atoms with van der Waals surface area (Å²) in [5.41, 5.74) is 0.608. The third kappa shape index (κ3) is 3.96. The van der Waals surface area contributed by atoms with E-state index in [1.165, 1.54) is 0 Å². The largest absolute Gasteiger partial charge is 0.491 e. The number of hydrogen-bond donors (Lipinski definition) is 0. The second-order valence-corrected chi connectivity index (χ2v) is 5.43. The van der Waals surface area contributed by atoms with E-state index in [9.17, 15) is 0 Å². The highest BCUT2D eigenvalue weighted by Crippen LogP contribution is 2.16. The Morgan fingerprint density at radius 2 is 1.90 bits per heavy atom. The predicted molar refractivity (Wildman–Crippen MR) is 79.8 cm³/mol. The number of hydrogen-bond acceptors (Lipinski definition) is 4. The van der Waals surface area contributed by atoms with Gasteiger partial charge >= 0.3 is 0 Å². The second-order valence-electron chi connectivity index (χ2n) is 5.43. The lowest BCUT2D eigenvalue weighted by molar-refractivity contribution is 0.0971. The third-order valence-electron chi connectivity index (χ3n) is 3.81. The molecule has 1 aromatic rings. The molecule has 4 heteroatoms. The highest BCUT2D eigenvalue weighted by atomic mass is 16.5. The van der Waals surface area contributed by atoms with Gasteiger partial charge in [0.25, 0.3) is 0 Å². The minimum absolute atomic E-state index is 0.608. The van der Waals surface area contributed by atoms with Crippen molar-refractivity contribution >= 4 is 0 Å². The predicted octanol–water partition coefficient (Wildman–Crippen LogP) is 1.96. The first kappa shape index (κ1) is 14.8. The lowest BCUT2D eigenvalue weighted by Crippen LogP contribution is -2.49. The quantitative estimate of drug-likeness (QED) is 0.822. The van der Waals surface area contributed by atoms with Crippen LogP contribution in [-0.4, -0.2) is 55.2 Å².